The molecule has 0 saturated heterocycles. The van der Waals surface area contributed by atoms with Gasteiger partial charge in [0.2, 0.25) is 0 Å². The maximum Gasteiger partial charge on any atom is 0.416 e. The monoisotopic (exact) mass is 486 g/mol. The number of ether oxygens (including phenoxy) is 1. The van der Waals surface area contributed by atoms with E-state index in [9.17, 15) is 32.7 Å². The van der Waals surface area contributed by atoms with Crippen LogP contribution in [0.3, 0.4) is 0 Å². The molecule has 3 N–H and O–H groups in total. The molecule has 0 heterocycles. The molecule has 3 rings (SSSR count). The van der Waals surface area contributed by atoms with Crippen LogP contribution in [-0.4, -0.2) is 29.5 Å². The minimum absolute atomic E-state index is 0.0345. The van der Waals surface area contributed by atoms with Gasteiger partial charge >= 0.3 is 12.1 Å². The summed E-state index contributed by atoms with van der Waals surface area (Å²) in [4.78, 5) is 37.3. The van der Waals surface area contributed by atoms with Crippen molar-refractivity contribution in [3.05, 3.63) is 88.5 Å². The van der Waals surface area contributed by atoms with Gasteiger partial charge in [0, 0.05) is 11.3 Å². The molecule has 7 nitrogen and oxygen atoms in total. The Morgan fingerprint density at radius 2 is 1.63 bits per heavy atom. The SMILES string of the molecule is CCOc1ccccc1NC(=O)c1ccc(C(=O)O)c(C(=O)Nc2ccc(C)c(C(F)(F)F)c2)c1. The molecule has 0 fully saturated rings. The molecule has 0 spiro atoms. The first-order chi connectivity index (χ1) is 16.5. The Hall–Kier alpha value is -4.34. The van der Waals surface area contributed by atoms with E-state index in [1.807, 2.05) is 0 Å². The molecule has 0 aliphatic rings. The van der Waals surface area contributed by atoms with Crippen LogP contribution < -0.4 is 15.4 Å². The van der Waals surface area contributed by atoms with Gasteiger partial charge in [-0.05, 0) is 61.9 Å². The fourth-order valence-electron chi connectivity index (χ4n) is 3.31. The summed E-state index contributed by atoms with van der Waals surface area (Å²) >= 11 is 0. The van der Waals surface area contributed by atoms with E-state index in [1.165, 1.54) is 25.1 Å². The van der Waals surface area contributed by atoms with Crippen LogP contribution in [0.5, 0.6) is 5.75 Å². The van der Waals surface area contributed by atoms with Gasteiger partial charge in [0.25, 0.3) is 11.8 Å². The Bertz CT molecular complexity index is 1290. The molecule has 0 bridgehead atoms. The highest BCUT2D eigenvalue weighted by Crippen LogP contribution is 2.33. The number of carboxylic acid groups (broad SMARTS) is 1. The number of amides is 2. The number of hydrogen-bond donors (Lipinski definition) is 3. The average Bonchev–Trinajstić information content (AvgIpc) is 2.80. The van der Waals surface area contributed by atoms with Crippen LogP contribution in [0.25, 0.3) is 0 Å². The van der Waals surface area contributed by atoms with Gasteiger partial charge in [-0.1, -0.05) is 18.2 Å². The van der Waals surface area contributed by atoms with Gasteiger partial charge in [-0.2, -0.15) is 13.2 Å². The molecular weight excluding hydrogens is 465 g/mol. The van der Waals surface area contributed by atoms with Crippen LogP contribution in [0.15, 0.2) is 60.7 Å². The number of carbonyl (C=O) groups is 3. The molecule has 0 aliphatic carbocycles. The molecule has 0 saturated carbocycles. The number of para-hydroxylation sites is 2. The summed E-state index contributed by atoms with van der Waals surface area (Å²) in [7, 11) is 0. The van der Waals surface area contributed by atoms with E-state index in [0.717, 1.165) is 18.2 Å². The van der Waals surface area contributed by atoms with Gasteiger partial charge in [0.1, 0.15) is 5.75 Å². The Morgan fingerprint density at radius 1 is 0.914 bits per heavy atom. The summed E-state index contributed by atoms with van der Waals surface area (Å²) < 4.78 is 45.1. The maximum absolute atomic E-state index is 13.2. The number of aryl methyl sites for hydroxylation is 1. The van der Waals surface area contributed by atoms with E-state index in [1.54, 1.807) is 31.2 Å². The molecule has 3 aromatic carbocycles. The second-order valence-corrected chi connectivity index (χ2v) is 7.43. The van der Waals surface area contributed by atoms with E-state index in [4.69, 9.17) is 4.74 Å². The predicted octanol–water partition coefficient (Wildman–Crippen LogP) is 5.62. The van der Waals surface area contributed by atoms with Crippen LogP contribution in [0.1, 0.15) is 49.1 Å². The maximum atomic E-state index is 13.2. The van der Waals surface area contributed by atoms with Crippen molar-refractivity contribution in [2.45, 2.75) is 20.0 Å². The van der Waals surface area contributed by atoms with Crippen LogP contribution in [0, 0.1) is 6.92 Å². The minimum Gasteiger partial charge on any atom is -0.492 e. The summed E-state index contributed by atoms with van der Waals surface area (Å²) in [6.45, 7) is 3.42. The van der Waals surface area contributed by atoms with Crippen molar-refractivity contribution in [2.24, 2.45) is 0 Å². The van der Waals surface area contributed by atoms with E-state index < -0.39 is 40.7 Å². The van der Waals surface area contributed by atoms with Gasteiger partial charge in [0.05, 0.1) is 29.0 Å². The first-order valence-electron chi connectivity index (χ1n) is 10.4. The van der Waals surface area contributed by atoms with Gasteiger partial charge < -0.3 is 20.5 Å². The quantitative estimate of drug-likeness (QED) is 0.402. The molecule has 0 radical (unpaired) electrons. The largest absolute Gasteiger partial charge is 0.492 e. The lowest BCUT2D eigenvalue weighted by Crippen LogP contribution is -2.20. The van der Waals surface area contributed by atoms with Gasteiger partial charge in [0.15, 0.2) is 0 Å². The van der Waals surface area contributed by atoms with Crippen molar-refractivity contribution < 1.29 is 37.4 Å². The summed E-state index contributed by atoms with van der Waals surface area (Å²) in [6.07, 6.45) is -4.63. The number of benzene rings is 3. The molecular formula is C25H21F3N2O5. The number of nitrogens with one attached hydrogen (secondary N) is 2. The third-order valence-corrected chi connectivity index (χ3v) is 4.99. The molecule has 0 atom stereocenters. The number of aromatic carboxylic acids is 1. The van der Waals surface area contributed by atoms with Gasteiger partial charge in [-0.3, -0.25) is 9.59 Å². The molecule has 2 amide bonds. The lowest BCUT2D eigenvalue weighted by molar-refractivity contribution is -0.138. The van der Waals surface area contributed by atoms with Crippen molar-refractivity contribution in [3.63, 3.8) is 0 Å². The number of carbonyl (C=O) groups excluding carboxylic acids is 2. The molecule has 35 heavy (non-hydrogen) atoms. The summed E-state index contributed by atoms with van der Waals surface area (Å²) in [5.74, 6) is -2.64. The van der Waals surface area contributed by atoms with Crippen LogP contribution in [-0.2, 0) is 6.18 Å². The molecule has 0 unspecified atom stereocenters. The first kappa shape index (κ1) is 25.3. The first-order valence-corrected chi connectivity index (χ1v) is 10.4. The molecule has 0 aliphatic heterocycles. The van der Waals surface area contributed by atoms with Crippen molar-refractivity contribution in [1.82, 2.24) is 0 Å². The number of hydrogen-bond acceptors (Lipinski definition) is 4. The zero-order valence-corrected chi connectivity index (χ0v) is 18.7. The Balaban J connectivity index is 1.92. The zero-order valence-electron chi connectivity index (χ0n) is 18.7. The number of rotatable bonds is 7. The van der Waals surface area contributed by atoms with Crippen LogP contribution in [0.4, 0.5) is 24.5 Å². The average molecular weight is 486 g/mol. The number of alkyl halides is 3. The van der Waals surface area contributed by atoms with Crippen LogP contribution in [0.2, 0.25) is 0 Å². The van der Waals surface area contributed by atoms with Crippen molar-refractivity contribution in [3.8, 4) is 5.75 Å². The Kier molecular flexibility index (Phi) is 7.43. The Morgan fingerprint density at radius 3 is 2.29 bits per heavy atom. The lowest BCUT2D eigenvalue weighted by atomic mass is 10.0. The third-order valence-electron chi connectivity index (χ3n) is 4.99. The normalized spacial score (nSPS) is 11.0. The van der Waals surface area contributed by atoms with E-state index in [-0.39, 0.29) is 16.8 Å². The molecule has 10 heteroatoms. The zero-order chi connectivity index (χ0) is 25.8. The van der Waals surface area contributed by atoms with E-state index in [2.05, 4.69) is 10.6 Å². The highest BCUT2D eigenvalue weighted by atomic mass is 19.4. The number of anilines is 2. The number of carboxylic acids is 1. The number of halogens is 3. The second-order valence-electron chi connectivity index (χ2n) is 7.43. The standard InChI is InChI=1S/C25H21F3N2O5/c1-3-35-21-7-5-4-6-20(21)30-22(31)15-9-11-17(24(33)34)18(12-15)23(32)29-16-10-8-14(2)19(13-16)25(26,27)28/h4-13H,3H2,1-2H3,(H,29,32)(H,30,31)(H,33,34). The smallest absolute Gasteiger partial charge is 0.416 e. The van der Waals surface area contributed by atoms with E-state index >= 15 is 0 Å². The molecule has 3 aromatic rings. The third kappa shape index (κ3) is 5.97. The Labute approximate surface area is 198 Å². The topological polar surface area (TPSA) is 105 Å². The fraction of sp³-hybridized carbons (Fsp3) is 0.160. The highest BCUT2D eigenvalue weighted by molar-refractivity contribution is 6.13. The summed E-state index contributed by atoms with van der Waals surface area (Å²) in [5, 5.41) is 14.4. The minimum atomic E-state index is -4.63. The summed E-state index contributed by atoms with van der Waals surface area (Å²) in [6, 6.07) is 13.3. The fourth-order valence-corrected chi connectivity index (χ4v) is 3.31. The van der Waals surface area contributed by atoms with Gasteiger partial charge in [-0.15, -0.1) is 0 Å². The summed E-state index contributed by atoms with van der Waals surface area (Å²) in [5.41, 5.74) is -1.63. The van der Waals surface area contributed by atoms with Gasteiger partial charge in [-0.25, -0.2) is 4.79 Å². The van der Waals surface area contributed by atoms with Crippen molar-refractivity contribution >= 4 is 29.2 Å². The van der Waals surface area contributed by atoms with Crippen molar-refractivity contribution in [1.29, 1.82) is 0 Å². The van der Waals surface area contributed by atoms with Crippen molar-refractivity contribution in [2.75, 3.05) is 17.2 Å². The van der Waals surface area contributed by atoms with Crippen LogP contribution >= 0.6 is 0 Å². The lowest BCUT2D eigenvalue weighted by Gasteiger charge is -2.14. The predicted molar refractivity (Wildman–Crippen MR) is 123 cm³/mol. The highest BCUT2D eigenvalue weighted by Gasteiger charge is 2.32. The molecule has 182 valence electrons. The van der Waals surface area contributed by atoms with E-state index in [0.29, 0.717) is 18.0 Å². The second kappa shape index (κ2) is 10.3. The molecule has 0 aromatic heterocycles.